The van der Waals surface area contributed by atoms with E-state index in [0.717, 1.165) is 38.5 Å². The smallest absolute Gasteiger partial charge is 0.220 e. The first-order valence-electron chi connectivity index (χ1n) is 28.9. The molecule has 0 aliphatic carbocycles. The van der Waals surface area contributed by atoms with Crippen LogP contribution in [0, 0.1) is 0 Å². The van der Waals surface area contributed by atoms with E-state index in [0.29, 0.717) is 6.42 Å². The van der Waals surface area contributed by atoms with Crippen LogP contribution in [0.15, 0.2) is 12.2 Å². The number of rotatable bonds is 50. The van der Waals surface area contributed by atoms with E-state index < -0.39 is 49.5 Å². The number of carbonyl (C=O) groups is 1. The molecule has 0 bridgehead atoms. The Labute approximate surface area is 407 Å². The first-order chi connectivity index (χ1) is 32.3. The highest BCUT2D eigenvalue weighted by molar-refractivity contribution is 5.76. The molecule has 1 rings (SSSR count). The maximum absolute atomic E-state index is 13.0. The minimum Gasteiger partial charge on any atom is -0.394 e. The van der Waals surface area contributed by atoms with Gasteiger partial charge >= 0.3 is 0 Å². The lowest BCUT2D eigenvalue weighted by Crippen LogP contribution is -2.60. The van der Waals surface area contributed by atoms with Gasteiger partial charge in [-0.05, 0) is 19.3 Å². The third-order valence-corrected chi connectivity index (χ3v) is 14.1. The van der Waals surface area contributed by atoms with Crippen LogP contribution in [-0.4, -0.2) is 87.5 Å². The fraction of sp³-hybridized carbons (Fsp3) is 0.947. The second-order valence-corrected chi connectivity index (χ2v) is 20.5. The highest BCUT2D eigenvalue weighted by Gasteiger charge is 2.44. The molecular weight excluding hydrogens is 827 g/mol. The van der Waals surface area contributed by atoms with Gasteiger partial charge in [0.25, 0.3) is 0 Å². The molecule has 0 radical (unpaired) electrons. The number of ether oxygens (including phenoxy) is 2. The maximum atomic E-state index is 13.0. The highest BCUT2D eigenvalue weighted by Crippen LogP contribution is 2.23. The van der Waals surface area contributed by atoms with E-state index in [1.165, 1.54) is 231 Å². The summed E-state index contributed by atoms with van der Waals surface area (Å²) in [4.78, 5) is 13.0. The lowest BCUT2D eigenvalue weighted by atomic mass is 9.99. The van der Waals surface area contributed by atoms with Gasteiger partial charge in [0.05, 0.1) is 25.4 Å². The Morgan fingerprint density at radius 3 is 1.18 bits per heavy atom. The summed E-state index contributed by atoms with van der Waals surface area (Å²) in [6, 6.07) is -0.799. The van der Waals surface area contributed by atoms with Gasteiger partial charge in [-0.3, -0.25) is 4.79 Å². The van der Waals surface area contributed by atoms with E-state index in [-0.39, 0.29) is 12.5 Å². The number of aliphatic hydroxyl groups is 5. The second kappa shape index (κ2) is 47.6. The molecule has 1 fully saturated rings. The van der Waals surface area contributed by atoms with Crippen molar-refractivity contribution in [1.29, 1.82) is 0 Å². The van der Waals surface area contributed by atoms with Gasteiger partial charge in [0.15, 0.2) is 6.29 Å². The zero-order chi connectivity index (χ0) is 48.0. The minimum absolute atomic E-state index is 0.172. The van der Waals surface area contributed by atoms with Crippen LogP contribution in [-0.2, 0) is 14.3 Å². The quantitative estimate of drug-likeness (QED) is 0.0261. The van der Waals surface area contributed by atoms with Crippen molar-refractivity contribution < 1.29 is 39.8 Å². The van der Waals surface area contributed by atoms with Gasteiger partial charge in [-0.25, -0.2) is 0 Å². The summed E-state index contributed by atoms with van der Waals surface area (Å²) in [5, 5.41) is 54.3. The molecule has 1 saturated heterocycles. The number of unbranched alkanes of at least 4 members (excludes halogenated alkanes) is 40. The predicted octanol–water partition coefficient (Wildman–Crippen LogP) is 14.0. The summed E-state index contributed by atoms with van der Waals surface area (Å²) in [6.45, 7) is 3.79. The van der Waals surface area contributed by atoms with Gasteiger partial charge in [0, 0.05) is 6.42 Å². The number of hydrogen-bond donors (Lipinski definition) is 6. The van der Waals surface area contributed by atoms with Gasteiger partial charge < -0.3 is 40.3 Å². The van der Waals surface area contributed by atoms with Gasteiger partial charge in [0.2, 0.25) is 5.91 Å². The molecule has 66 heavy (non-hydrogen) atoms. The second-order valence-electron chi connectivity index (χ2n) is 20.5. The molecule has 1 aliphatic heterocycles. The molecule has 1 heterocycles. The van der Waals surface area contributed by atoms with Crippen molar-refractivity contribution in [1.82, 2.24) is 5.32 Å². The van der Waals surface area contributed by atoms with Crippen molar-refractivity contribution in [2.45, 2.75) is 333 Å². The number of amides is 1. The third-order valence-electron chi connectivity index (χ3n) is 14.1. The summed E-state index contributed by atoms with van der Waals surface area (Å²) < 4.78 is 11.2. The van der Waals surface area contributed by atoms with Crippen molar-refractivity contribution in [3.8, 4) is 0 Å². The topological polar surface area (TPSA) is 149 Å². The fourth-order valence-electron chi connectivity index (χ4n) is 9.51. The average molecular weight is 939 g/mol. The van der Waals surface area contributed by atoms with Crippen LogP contribution in [0.3, 0.4) is 0 Å². The fourth-order valence-corrected chi connectivity index (χ4v) is 9.51. The van der Waals surface area contributed by atoms with E-state index in [2.05, 4.69) is 19.2 Å². The zero-order valence-electron chi connectivity index (χ0n) is 43.5. The van der Waals surface area contributed by atoms with Gasteiger partial charge in [-0.1, -0.05) is 276 Å². The molecule has 0 aromatic heterocycles. The molecule has 1 aliphatic rings. The van der Waals surface area contributed by atoms with Crippen molar-refractivity contribution in [3.05, 3.63) is 12.2 Å². The van der Waals surface area contributed by atoms with Gasteiger partial charge in [-0.15, -0.1) is 0 Å². The first-order valence-corrected chi connectivity index (χ1v) is 28.9. The van der Waals surface area contributed by atoms with E-state index in [1.54, 1.807) is 6.08 Å². The SMILES string of the molecule is CCCCCCCCCCC/C=C/[C@@H](O)[C@H](CO[C@@H]1O[C@H](CO)[C@H](O)C(O)C1O)NC(=O)CCCCCCCCCCCCCCCCCCCCCCCCCCCCCCCCCC. The van der Waals surface area contributed by atoms with E-state index in [4.69, 9.17) is 9.47 Å². The standard InChI is InChI=1S/C57H111NO8/c1-3-5-7-9-11-13-15-16-17-18-19-20-21-22-23-24-25-26-27-28-29-30-31-32-33-34-35-37-39-41-43-45-47-53(61)58-50(49-65-57-56(64)55(63)54(62)52(48-59)66-57)51(60)46-44-42-40-38-36-14-12-10-8-6-4-2/h44,46,50-52,54-57,59-60,62-64H,3-43,45,47-49H2,1-2H3,(H,58,61)/b46-44+/t50-,51+,52+,54-,55?,56?,57+/m0/s1. The van der Waals surface area contributed by atoms with Crippen LogP contribution in [0.25, 0.3) is 0 Å². The van der Waals surface area contributed by atoms with E-state index >= 15 is 0 Å². The molecule has 0 aromatic carbocycles. The van der Waals surface area contributed by atoms with Crippen molar-refractivity contribution in [2.24, 2.45) is 0 Å². The highest BCUT2D eigenvalue weighted by atomic mass is 16.7. The van der Waals surface area contributed by atoms with Crippen LogP contribution < -0.4 is 5.32 Å². The molecule has 0 aromatic rings. The van der Waals surface area contributed by atoms with Gasteiger partial charge in [0.1, 0.15) is 24.4 Å². The lowest BCUT2D eigenvalue weighted by Gasteiger charge is -2.40. The van der Waals surface area contributed by atoms with Crippen molar-refractivity contribution in [2.75, 3.05) is 13.2 Å². The molecule has 9 heteroatoms. The molecule has 2 unspecified atom stereocenters. The Balaban J connectivity index is 2.07. The Hall–Kier alpha value is -1.07. The molecule has 6 N–H and O–H groups in total. The normalized spacial score (nSPS) is 19.8. The molecule has 0 spiro atoms. The minimum atomic E-state index is -1.56. The largest absolute Gasteiger partial charge is 0.394 e. The average Bonchev–Trinajstić information content (AvgIpc) is 3.32. The molecule has 392 valence electrons. The summed E-state index contributed by atoms with van der Waals surface area (Å²) >= 11 is 0. The molecular formula is C57H111NO8. The van der Waals surface area contributed by atoms with Crippen LogP contribution in [0.5, 0.6) is 0 Å². The predicted molar refractivity (Wildman–Crippen MR) is 277 cm³/mol. The zero-order valence-corrected chi connectivity index (χ0v) is 43.5. The van der Waals surface area contributed by atoms with Crippen LogP contribution in [0.2, 0.25) is 0 Å². The third kappa shape index (κ3) is 36.9. The molecule has 7 atom stereocenters. The summed E-state index contributed by atoms with van der Waals surface area (Å²) in [6.07, 6.45) is 51.7. The number of nitrogens with one attached hydrogen (secondary N) is 1. The van der Waals surface area contributed by atoms with Crippen LogP contribution in [0.1, 0.15) is 290 Å². The summed E-state index contributed by atoms with van der Waals surface area (Å²) in [5.74, 6) is -0.172. The monoisotopic (exact) mass is 938 g/mol. The Bertz CT molecular complexity index is 1040. The maximum Gasteiger partial charge on any atom is 0.220 e. The Morgan fingerprint density at radius 1 is 0.500 bits per heavy atom. The Morgan fingerprint density at radius 2 is 0.833 bits per heavy atom. The van der Waals surface area contributed by atoms with Crippen molar-refractivity contribution >= 4 is 5.91 Å². The summed E-state index contributed by atoms with van der Waals surface area (Å²) in [7, 11) is 0. The van der Waals surface area contributed by atoms with Crippen LogP contribution in [0.4, 0.5) is 0 Å². The lowest BCUT2D eigenvalue weighted by molar-refractivity contribution is -0.302. The number of allylic oxidation sites excluding steroid dienone is 1. The Kier molecular flexibility index (Phi) is 45.4. The van der Waals surface area contributed by atoms with Crippen LogP contribution >= 0.6 is 0 Å². The van der Waals surface area contributed by atoms with E-state index in [9.17, 15) is 30.3 Å². The van der Waals surface area contributed by atoms with Gasteiger partial charge in [-0.2, -0.15) is 0 Å². The summed E-state index contributed by atoms with van der Waals surface area (Å²) in [5.41, 5.74) is 0. The molecule has 9 nitrogen and oxygen atoms in total. The number of hydrogen-bond acceptors (Lipinski definition) is 8. The van der Waals surface area contributed by atoms with E-state index in [1.807, 2.05) is 6.08 Å². The van der Waals surface area contributed by atoms with Crippen molar-refractivity contribution in [3.63, 3.8) is 0 Å². The number of carbonyl (C=O) groups excluding carboxylic acids is 1. The first kappa shape index (κ1) is 62.9. The molecule has 0 saturated carbocycles. The number of aliphatic hydroxyl groups excluding tert-OH is 5. The molecule has 1 amide bonds.